The van der Waals surface area contributed by atoms with Crippen LogP contribution in [0.3, 0.4) is 0 Å². The number of thiophene rings is 1. The fourth-order valence-electron chi connectivity index (χ4n) is 1.58. The second-order valence-corrected chi connectivity index (χ2v) is 5.60. The molecule has 0 saturated heterocycles. The molecule has 2 N–H and O–H groups in total. The lowest BCUT2D eigenvalue weighted by Crippen LogP contribution is -2.11. The molecule has 1 aromatic carbocycles. The van der Waals surface area contributed by atoms with Crippen LogP contribution in [0.5, 0.6) is 0 Å². The van der Waals surface area contributed by atoms with E-state index in [2.05, 4.69) is 17.2 Å². The Hall–Kier alpha value is -1.74. The first kappa shape index (κ1) is 14.7. The van der Waals surface area contributed by atoms with Gasteiger partial charge < -0.3 is 10.4 Å². The second kappa shape index (κ2) is 7.15. The lowest BCUT2D eigenvalue weighted by Gasteiger charge is -2.05. The molecule has 0 spiro atoms. The van der Waals surface area contributed by atoms with Gasteiger partial charge in [-0.2, -0.15) is 0 Å². The van der Waals surface area contributed by atoms with Gasteiger partial charge in [0.25, 0.3) is 5.91 Å². The maximum absolute atomic E-state index is 12.2. The van der Waals surface area contributed by atoms with Crippen molar-refractivity contribution in [3.63, 3.8) is 0 Å². The van der Waals surface area contributed by atoms with E-state index in [0.29, 0.717) is 10.4 Å². The van der Waals surface area contributed by atoms with E-state index in [1.165, 1.54) is 11.3 Å². The Bertz CT molecular complexity index is 651. The topological polar surface area (TPSA) is 49.3 Å². The molecule has 0 aliphatic carbocycles. The highest BCUT2D eigenvalue weighted by atomic mass is 32.2. The summed E-state index contributed by atoms with van der Waals surface area (Å²) < 4.78 is 0. The monoisotopic (exact) mass is 303 g/mol. The number of benzene rings is 1. The van der Waals surface area contributed by atoms with Crippen LogP contribution in [0.1, 0.15) is 15.2 Å². The number of nitrogens with one attached hydrogen (secondary N) is 1. The maximum atomic E-state index is 12.2. The van der Waals surface area contributed by atoms with Crippen molar-refractivity contribution in [2.24, 2.45) is 0 Å². The first-order chi connectivity index (χ1) is 9.74. The lowest BCUT2D eigenvalue weighted by molar-refractivity contribution is 0.103. The molecule has 0 unspecified atom stereocenters. The number of hydrogen-bond acceptors (Lipinski definition) is 4. The maximum Gasteiger partial charge on any atom is 0.267 e. The van der Waals surface area contributed by atoms with E-state index in [0.717, 1.165) is 10.6 Å². The van der Waals surface area contributed by atoms with Gasteiger partial charge in [0.15, 0.2) is 0 Å². The molecule has 1 heterocycles. The molecule has 102 valence electrons. The van der Waals surface area contributed by atoms with Crippen molar-refractivity contribution in [1.29, 1.82) is 0 Å². The fourth-order valence-corrected chi connectivity index (χ4v) is 2.73. The van der Waals surface area contributed by atoms with Crippen molar-refractivity contribution in [2.75, 3.05) is 18.2 Å². The fraction of sp³-hybridized carbons (Fsp3) is 0.133. The summed E-state index contributed by atoms with van der Waals surface area (Å²) in [6.07, 6.45) is 2.01. The molecule has 0 bridgehead atoms. The van der Waals surface area contributed by atoms with Gasteiger partial charge in [0.05, 0.1) is 0 Å². The molecule has 1 amide bonds. The van der Waals surface area contributed by atoms with Crippen molar-refractivity contribution in [1.82, 2.24) is 0 Å². The molecule has 5 heteroatoms. The quantitative estimate of drug-likeness (QED) is 0.677. The normalized spacial score (nSPS) is 9.70. The summed E-state index contributed by atoms with van der Waals surface area (Å²) in [7, 11) is 0. The largest absolute Gasteiger partial charge is 0.384 e. The van der Waals surface area contributed by atoms with Gasteiger partial charge in [-0.3, -0.25) is 4.79 Å². The van der Waals surface area contributed by atoms with Crippen LogP contribution in [-0.2, 0) is 0 Å². The zero-order valence-corrected chi connectivity index (χ0v) is 12.5. The Balaban J connectivity index is 2.13. The predicted molar refractivity (Wildman–Crippen MR) is 84.5 cm³/mol. The highest BCUT2D eigenvalue weighted by Gasteiger charge is 2.12. The summed E-state index contributed by atoms with van der Waals surface area (Å²) in [5.41, 5.74) is 1.39. The minimum absolute atomic E-state index is 0.181. The Morgan fingerprint density at radius 1 is 1.35 bits per heavy atom. The van der Waals surface area contributed by atoms with Crippen LogP contribution in [0.25, 0.3) is 0 Å². The summed E-state index contributed by atoms with van der Waals surface area (Å²) in [5.74, 6) is 5.15. The van der Waals surface area contributed by atoms with Gasteiger partial charge in [-0.25, -0.2) is 0 Å². The van der Waals surface area contributed by atoms with Gasteiger partial charge in [0, 0.05) is 16.1 Å². The summed E-state index contributed by atoms with van der Waals surface area (Å²) >= 11 is 2.99. The first-order valence-electron chi connectivity index (χ1n) is 5.87. The third-order valence-corrected chi connectivity index (χ3v) is 4.18. The zero-order valence-electron chi connectivity index (χ0n) is 10.8. The molecular formula is C15H13NO2S2. The van der Waals surface area contributed by atoms with E-state index >= 15 is 0 Å². The molecule has 0 fully saturated rings. The standard InChI is InChI=1S/C15H13NO2S2/c1-19-13-6-4-12(5-7-13)16-15(18)14-11(3-2-9-17)8-10-20-14/h4-8,10,17H,9H2,1H3,(H,16,18). The zero-order chi connectivity index (χ0) is 14.4. The molecule has 0 radical (unpaired) electrons. The highest BCUT2D eigenvalue weighted by molar-refractivity contribution is 7.98. The molecule has 0 aliphatic rings. The van der Waals surface area contributed by atoms with E-state index in [1.807, 2.05) is 35.9 Å². The van der Waals surface area contributed by atoms with Crippen LogP contribution in [0.2, 0.25) is 0 Å². The van der Waals surface area contributed by atoms with Gasteiger partial charge in [-0.05, 0) is 42.0 Å². The molecule has 2 rings (SSSR count). The number of carbonyl (C=O) groups is 1. The van der Waals surface area contributed by atoms with Crippen molar-refractivity contribution >= 4 is 34.7 Å². The number of rotatable bonds is 3. The minimum Gasteiger partial charge on any atom is -0.384 e. The van der Waals surface area contributed by atoms with E-state index in [9.17, 15) is 4.79 Å². The Morgan fingerprint density at radius 2 is 2.10 bits per heavy atom. The third kappa shape index (κ3) is 3.64. The van der Waals surface area contributed by atoms with Gasteiger partial charge in [0.1, 0.15) is 11.5 Å². The average Bonchev–Trinajstić information content (AvgIpc) is 2.94. The van der Waals surface area contributed by atoms with E-state index in [-0.39, 0.29) is 12.5 Å². The molecular weight excluding hydrogens is 290 g/mol. The van der Waals surface area contributed by atoms with Crippen molar-refractivity contribution in [2.45, 2.75) is 4.90 Å². The van der Waals surface area contributed by atoms with E-state index < -0.39 is 0 Å². The summed E-state index contributed by atoms with van der Waals surface area (Å²) in [6, 6.07) is 9.44. The minimum atomic E-state index is -0.215. The SMILES string of the molecule is CSc1ccc(NC(=O)c2sccc2C#CCO)cc1. The molecule has 20 heavy (non-hydrogen) atoms. The summed E-state index contributed by atoms with van der Waals surface area (Å²) in [4.78, 5) is 13.9. The van der Waals surface area contributed by atoms with Gasteiger partial charge in [0.2, 0.25) is 0 Å². The molecule has 0 aliphatic heterocycles. The number of aliphatic hydroxyl groups excluding tert-OH is 1. The van der Waals surface area contributed by atoms with Crippen LogP contribution < -0.4 is 5.32 Å². The van der Waals surface area contributed by atoms with Gasteiger partial charge in [-0.1, -0.05) is 11.8 Å². The highest BCUT2D eigenvalue weighted by Crippen LogP contribution is 2.20. The molecule has 0 saturated carbocycles. The Labute approximate surface area is 126 Å². The molecule has 2 aromatic rings. The smallest absolute Gasteiger partial charge is 0.267 e. The average molecular weight is 303 g/mol. The first-order valence-corrected chi connectivity index (χ1v) is 7.97. The number of aliphatic hydroxyl groups is 1. The third-order valence-electron chi connectivity index (χ3n) is 2.52. The lowest BCUT2D eigenvalue weighted by atomic mass is 10.2. The molecule has 3 nitrogen and oxygen atoms in total. The number of thioether (sulfide) groups is 1. The number of anilines is 1. The predicted octanol–water partition coefficient (Wildman–Crippen LogP) is 3.07. The second-order valence-electron chi connectivity index (χ2n) is 3.81. The van der Waals surface area contributed by atoms with Crippen molar-refractivity contribution in [3.8, 4) is 11.8 Å². The van der Waals surface area contributed by atoms with E-state index in [1.54, 1.807) is 17.8 Å². The summed E-state index contributed by atoms with van der Waals surface area (Å²) in [6.45, 7) is -0.215. The van der Waals surface area contributed by atoms with E-state index in [4.69, 9.17) is 5.11 Å². The van der Waals surface area contributed by atoms with Crippen LogP contribution in [-0.4, -0.2) is 23.9 Å². The number of carbonyl (C=O) groups excluding carboxylic acids is 1. The molecule has 0 atom stereocenters. The van der Waals surface area contributed by atoms with Gasteiger partial charge >= 0.3 is 0 Å². The Kier molecular flexibility index (Phi) is 5.24. The van der Waals surface area contributed by atoms with Gasteiger partial charge in [-0.15, -0.1) is 23.1 Å². The number of amides is 1. The molecule has 1 aromatic heterocycles. The van der Waals surface area contributed by atoms with Crippen LogP contribution in [0.4, 0.5) is 5.69 Å². The van der Waals surface area contributed by atoms with Crippen LogP contribution in [0.15, 0.2) is 40.6 Å². The van der Waals surface area contributed by atoms with Crippen molar-refractivity contribution < 1.29 is 9.90 Å². The summed E-state index contributed by atoms with van der Waals surface area (Å²) in [5, 5.41) is 13.4. The number of hydrogen-bond donors (Lipinski definition) is 2. The van der Waals surface area contributed by atoms with Crippen LogP contribution in [0, 0.1) is 11.8 Å². The van der Waals surface area contributed by atoms with Crippen LogP contribution >= 0.6 is 23.1 Å². The van der Waals surface area contributed by atoms with Crippen molar-refractivity contribution in [3.05, 3.63) is 46.2 Å². The Morgan fingerprint density at radius 3 is 2.75 bits per heavy atom.